The minimum atomic E-state index is 0.0318. The molecule has 0 radical (unpaired) electrons. The van der Waals surface area contributed by atoms with E-state index < -0.39 is 0 Å². The molecule has 0 aliphatic rings. The number of hydrogen-bond acceptors (Lipinski definition) is 3. The first-order valence-electron chi connectivity index (χ1n) is 4.86. The number of rotatable bonds is 4. The third kappa shape index (κ3) is 3.16. The molecule has 4 heteroatoms. The van der Waals surface area contributed by atoms with Crippen molar-refractivity contribution in [2.24, 2.45) is 0 Å². The zero-order chi connectivity index (χ0) is 11.3. The van der Waals surface area contributed by atoms with Crippen LogP contribution in [0.4, 0.5) is 5.69 Å². The largest absolute Gasteiger partial charge is 0.495 e. The highest BCUT2D eigenvalue weighted by atomic mass is 16.5. The fourth-order valence-corrected chi connectivity index (χ4v) is 1.22. The van der Waals surface area contributed by atoms with Crippen molar-refractivity contribution in [3.63, 3.8) is 0 Å². The summed E-state index contributed by atoms with van der Waals surface area (Å²) >= 11 is 0. The number of amides is 1. The number of carbonyl (C=O) groups excluding carboxylic acids is 1. The Morgan fingerprint density at radius 3 is 2.80 bits per heavy atom. The number of hydrogen-bond donors (Lipinski definition) is 2. The molecule has 0 saturated heterocycles. The molecule has 0 saturated carbocycles. The Bertz CT molecular complexity index is 350. The molecule has 0 aliphatic heterocycles. The molecule has 1 aromatic carbocycles. The lowest BCUT2D eigenvalue weighted by Gasteiger charge is -2.07. The molecule has 0 unspecified atom stereocenters. The van der Waals surface area contributed by atoms with Gasteiger partial charge in [-0.15, -0.1) is 0 Å². The minimum Gasteiger partial charge on any atom is -0.495 e. The summed E-state index contributed by atoms with van der Waals surface area (Å²) in [6.07, 6.45) is 0.492. The van der Waals surface area contributed by atoms with Crippen molar-refractivity contribution < 1.29 is 9.53 Å². The Balaban J connectivity index is 2.63. The van der Waals surface area contributed by atoms with Crippen molar-refractivity contribution in [3.05, 3.63) is 23.8 Å². The Morgan fingerprint density at radius 1 is 1.53 bits per heavy atom. The van der Waals surface area contributed by atoms with Crippen LogP contribution in [0.2, 0.25) is 0 Å². The Morgan fingerprint density at radius 2 is 2.27 bits per heavy atom. The fraction of sp³-hybridized carbons (Fsp3) is 0.364. The normalized spacial score (nSPS) is 9.73. The second-order valence-corrected chi connectivity index (χ2v) is 3.21. The van der Waals surface area contributed by atoms with Gasteiger partial charge in [0.15, 0.2) is 0 Å². The summed E-state index contributed by atoms with van der Waals surface area (Å²) < 4.78 is 5.03. The first-order chi connectivity index (χ1) is 7.17. The minimum absolute atomic E-state index is 0.0318. The summed E-state index contributed by atoms with van der Waals surface area (Å²) in [6, 6.07) is 5.47. The molecule has 82 valence electrons. The van der Waals surface area contributed by atoms with Crippen molar-refractivity contribution in [2.75, 3.05) is 12.8 Å². The van der Waals surface area contributed by atoms with Crippen molar-refractivity contribution in [1.29, 1.82) is 0 Å². The number of ether oxygens (including phenoxy) is 1. The Kier molecular flexibility index (Phi) is 3.97. The van der Waals surface area contributed by atoms with E-state index in [1.807, 2.05) is 13.0 Å². The number of carbonyl (C=O) groups is 1. The molecule has 0 bridgehead atoms. The summed E-state index contributed by atoms with van der Waals surface area (Å²) in [5.41, 5.74) is 7.28. The van der Waals surface area contributed by atoms with E-state index in [2.05, 4.69) is 5.32 Å². The average Bonchev–Trinajstić information content (AvgIpc) is 2.26. The topological polar surface area (TPSA) is 64.3 Å². The molecule has 1 rings (SSSR count). The fourth-order valence-electron chi connectivity index (χ4n) is 1.22. The molecular formula is C11H16N2O2. The highest BCUT2D eigenvalue weighted by Crippen LogP contribution is 2.21. The molecule has 1 aromatic rings. The van der Waals surface area contributed by atoms with Crippen LogP contribution < -0.4 is 15.8 Å². The molecule has 3 N–H and O–H groups in total. The number of benzene rings is 1. The molecule has 0 heterocycles. The SMILES string of the molecule is CCC(=O)NCc1ccc(OC)c(N)c1. The van der Waals surface area contributed by atoms with Crippen LogP contribution in [0.1, 0.15) is 18.9 Å². The van der Waals surface area contributed by atoms with Gasteiger partial charge in [-0.2, -0.15) is 0 Å². The first-order valence-corrected chi connectivity index (χ1v) is 4.86. The molecule has 0 fully saturated rings. The molecule has 0 atom stereocenters. The highest BCUT2D eigenvalue weighted by Gasteiger charge is 2.01. The lowest BCUT2D eigenvalue weighted by atomic mass is 10.2. The van der Waals surface area contributed by atoms with Gasteiger partial charge in [0, 0.05) is 13.0 Å². The van der Waals surface area contributed by atoms with Crippen LogP contribution in [-0.2, 0) is 11.3 Å². The molecular weight excluding hydrogens is 192 g/mol. The number of methoxy groups -OCH3 is 1. The van der Waals surface area contributed by atoms with Crippen LogP contribution in [-0.4, -0.2) is 13.0 Å². The van der Waals surface area contributed by atoms with Crippen LogP contribution in [0.3, 0.4) is 0 Å². The average molecular weight is 208 g/mol. The number of anilines is 1. The zero-order valence-corrected chi connectivity index (χ0v) is 9.04. The summed E-state index contributed by atoms with van der Waals surface area (Å²) in [7, 11) is 1.57. The second-order valence-electron chi connectivity index (χ2n) is 3.21. The van der Waals surface area contributed by atoms with Crippen LogP contribution in [0.15, 0.2) is 18.2 Å². The number of nitrogens with two attached hydrogens (primary N) is 1. The van der Waals surface area contributed by atoms with E-state index in [0.29, 0.717) is 24.4 Å². The maximum absolute atomic E-state index is 11.0. The van der Waals surface area contributed by atoms with E-state index in [1.165, 1.54) is 0 Å². The van der Waals surface area contributed by atoms with Gasteiger partial charge in [-0.25, -0.2) is 0 Å². The van der Waals surface area contributed by atoms with E-state index in [4.69, 9.17) is 10.5 Å². The smallest absolute Gasteiger partial charge is 0.219 e. The summed E-state index contributed by atoms with van der Waals surface area (Å²) in [5, 5.41) is 2.78. The highest BCUT2D eigenvalue weighted by molar-refractivity contribution is 5.75. The first kappa shape index (κ1) is 11.4. The number of nitrogens with one attached hydrogen (secondary N) is 1. The Labute approximate surface area is 89.4 Å². The van der Waals surface area contributed by atoms with Crippen LogP contribution >= 0.6 is 0 Å². The number of nitrogen functional groups attached to an aromatic ring is 1. The summed E-state index contributed by atoms with van der Waals surface area (Å²) in [6.45, 7) is 2.32. The van der Waals surface area contributed by atoms with Gasteiger partial charge >= 0.3 is 0 Å². The molecule has 0 aliphatic carbocycles. The third-order valence-corrected chi connectivity index (χ3v) is 2.10. The quantitative estimate of drug-likeness (QED) is 0.733. The van der Waals surface area contributed by atoms with E-state index in [1.54, 1.807) is 19.2 Å². The summed E-state index contributed by atoms with van der Waals surface area (Å²) in [5.74, 6) is 0.685. The molecule has 4 nitrogen and oxygen atoms in total. The lowest BCUT2D eigenvalue weighted by Crippen LogP contribution is -2.21. The van der Waals surface area contributed by atoms with E-state index in [-0.39, 0.29) is 5.91 Å². The monoisotopic (exact) mass is 208 g/mol. The molecule has 0 aromatic heterocycles. The third-order valence-electron chi connectivity index (χ3n) is 2.10. The zero-order valence-electron chi connectivity index (χ0n) is 9.04. The molecule has 0 spiro atoms. The Hall–Kier alpha value is -1.71. The molecule has 15 heavy (non-hydrogen) atoms. The van der Waals surface area contributed by atoms with Gasteiger partial charge in [0.05, 0.1) is 12.8 Å². The van der Waals surface area contributed by atoms with Gasteiger partial charge < -0.3 is 15.8 Å². The summed E-state index contributed by atoms with van der Waals surface area (Å²) in [4.78, 5) is 11.0. The van der Waals surface area contributed by atoms with Crippen LogP contribution in [0.25, 0.3) is 0 Å². The van der Waals surface area contributed by atoms with Crippen LogP contribution in [0, 0.1) is 0 Å². The lowest BCUT2D eigenvalue weighted by molar-refractivity contribution is -0.120. The van der Waals surface area contributed by atoms with E-state index in [9.17, 15) is 4.79 Å². The van der Waals surface area contributed by atoms with Crippen molar-refractivity contribution in [1.82, 2.24) is 5.32 Å². The van der Waals surface area contributed by atoms with Crippen molar-refractivity contribution in [2.45, 2.75) is 19.9 Å². The van der Waals surface area contributed by atoms with Gasteiger partial charge in [-0.1, -0.05) is 13.0 Å². The predicted octanol–water partition coefficient (Wildman–Crippen LogP) is 1.30. The van der Waals surface area contributed by atoms with Gasteiger partial charge in [-0.05, 0) is 17.7 Å². The van der Waals surface area contributed by atoms with Gasteiger partial charge in [0.2, 0.25) is 5.91 Å². The van der Waals surface area contributed by atoms with E-state index >= 15 is 0 Å². The second kappa shape index (κ2) is 5.24. The standard InChI is InChI=1S/C11H16N2O2/c1-3-11(14)13-7-8-4-5-10(15-2)9(12)6-8/h4-6H,3,7,12H2,1-2H3,(H,13,14). The van der Waals surface area contributed by atoms with Crippen molar-refractivity contribution >= 4 is 11.6 Å². The van der Waals surface area contributed by atoms with Crippen LogP contribution in [0.5, 0.6) is 5.75 Å². The van der Waals surface area contributed by atoms with E-state index in [0.717, 1.165) is 5.56 Å². The maximum atomic E-state index is 11.0. The van der Waals surface area contributed by atoms with Crippen molar-refractivity contribution in [3.8, 4) is 5.75 Å². The molecule has 1 amide bonds. The predicted molar refractivity (Wildman–Crippen MR) is 59.5 cm³/mol. The van der Waals surface area contributed by atoms with Gasteiger partial charge in [0.1, 0.15) is 5.75 Å². The van der Waals surface area contributed by atoms with Gasteiger partial charge in [-0.3, -0.25) is 4.79 Å². The maximum Gasteiger partial charge on any atom is 0.219 e. The van der Waals surface area contributed by atoms with Gasteiger partial charge in [0.25, 0.3) is 0 Å².